The third-order valence-corrected chi connectivity index (χ3v) is 4.09. The Morgan fingerprint density at radius 2 is 1.83 bits per heavy atom. The lowest BCUT2D eigenvalue weighted by atomic mass is 10.1. The minimum absolute atomic E-state index is 0.107. The van der Waals surface area contributed by atoms with Crippen molar-refractivity contribution in [1.29, 1.82) is 0 Å². The van der Waals surface area contributed by atoms with Gasteiger partial charge < -0.3 is 19.9 Å². The lowest BCUT2D eigenvalue weighted by molar-refractivity contribution is -0.736. The number of hydrogen-bond acceptors (Lipinski definition) is 3. The zero-order valence-electron chi connectivity index (χ0n) is 14.4. The van der Waals surface area contributed by atoms with Gasteiger partial charge in [-0.15, -0.1) is 0 Å². The molecular weight excluding hydrogens is 326 g/mol. The van der Waals surface area contributed by atoms with Crippen LogP contribution >= 0.6 is 11.6 Å². The highest BCUT2D eigenvalue weighted by molar-refractivity contribution is 6.32. The number of benzene rings is 2. The molecule has 5 heteroatoms. The standard InChI is InChI=1S/C19H24ClNO3/c1-19(2,13-22)21-11-15-9-16(20)18(17(10-15)23-3)24-12-14-7-5-4-6-8-14/h4-10,21-22H,11-13H2,1-3H3/p+1. The molecule has 0 aliphatic rings. The molecule has 0 spiro atoms. The molecule has 0 bridgehead atoms. The van der Waals surface area contributed by atoms with Crippen LogP contribution in [0.15, 0.2) is 42.5 Å². The molecule has 24 heavy (non-hydrogen) atoms. The smallest absolute Gasteiger partial charge is 0.180 e. The fourth-order valence-corrected chi connectivity index (χ4v) is 2.51. The van der Waals surface area contributed by atoms with Gasteiger partial charge in [-0.1, -0.05) is 41.9 Å². The predicted molar refractivity (Wildman–Crippen MR) is 95.6 cm³/mol. The Morgan fingerprint density at radius 1 is 1.12 bits per heavy atom. The molecule has 0 heterocycles. The van der Waals surface area contributed by atoms with Crippen LogP contribution in [0.3, 0.4) is 0 Å². The van der Waals surface area contributed by atoms with Crippen LogP contribution in [0.5, 0.6) is 11.5 Å². The van der Waals surface area contributed by atoms with E-state index in [1.54, 1.807) is 7.11 Å². The van der Waals surface area contributed by atoms with E-state index in [9.17, 15) is 5.11 Å². The molecule has 2 rings (SSSR count). The van der Waals surface area contributed by atoms with Gasteiger partial charge in [0.05, 0.1) is 18.7 Å². The van der Waals surface area contributed by atoms with E-state index in [1.165, 1.54) is 0 Å². The van der Waals surface area contributed by atoms with Gasteiger partial charge in [-0.3, -0.25) is 0 Å². The van der Waals surface area contributed by atoms with Gasteiger partial charge in [0.1, 0.15) is 18.7 Å². The Morgan fingerprint density at radius 3 is 2.46 bits per heavy atom. The monoisotopic (exact) mass is 350 g/mol. The Bertz CT molecular complexity index is 659. The zero-order chi connectivity index (χ0) is 17.6. The zero-order valence-corrected chi connectivity index (χ0v) is 15.1. The second kappa shape index (κ2) is 8.38. The van der Waals surface area contributed by atoms with Crippen LogP contribution in [0.1, 0.15) is 25.0 Å². The van der Waals surface area contributed by atoms with Crippen molar-refractivity contribution in [3.8, 4) is 11.5 Å². The van der Waals surface area contributed by atoms with Crippen molar-refractivity contribution in [2.75, 3.05) is 13.7 Å². The summed E-state index contributed by atoms with van der Waals surface area (Å²) in [6.07, 6.45) is 0. The number of hydrogen-bond donors (Lipinski definition) is 2. The van der Waals surface area contributed by atoms with Crippen molar-refractivity contribution in [2.24, 2.45) is 0 Å². The van der Waals surface area contributed by atoms with Crippen molar-refractivity contribution in [1.82, 2.24) is 0 Å². The van der Waals surface area contributed by atoms with Crippen LogP contribution < -0.4 is 14.8 Å². The average molecular weight is 351 g/mol. The van der Waals surface area contributed by atoms with Crippen LogP contribution in [0, 0.1) is 0 Å². The van der Waals surface area contributed by atoms with Gasteiger partial charge in [0.25, 0.3) is 0 Å². The summed E-state index contributed by atoms with van der Waals surface area (Å²) in [5, 5.41) is 11.9. The average Bonchev–Trinajstić information content (AvgIpc) is 2.59. The lowest BCUT2D eigenvalue weighted by Crippen LogP contribution is -2.95. The van der Waals surface area contributed by atoms with E-state index in [-0.39, 0.29) is 12.1 Å². The van der Waals surface area contributed by atoms with Crippen molar-refractivity contribution in [2.45, 2.75) is 32.5 Å². The lowest BCUT2D eigenvalue weighted by Gasteiger charge is -2.20. The molecule has 0 saturated heterocycles. The fraction of sp³-hybridized carbons (Fsp3) is 0.368. The second-order valence-electron chi connectivity index (χ2n) is 6.44. The summed E-state index contributed by atoms with van der Waals surface area (Å²) in [7, 11) is 1.60. The number of halogens is 1. The number of quaternary nitrogens is 1. The molecule has 0 aliphatic heterocycles. The predicted octanol–water partition coefficient (Wildman–Crippen LogP) is 2.76. The molecule has 0 radical (unpaired) electrons. The van der Waals surface area contributed by atoms with Crippen LogP contribution in [-0.2, 0) is 13.2 Å². The molecular formula is C19H25ClNO3+. The summed E-state index contributed by atoms with van der Waals surface area (Å²) in [5.41, 5.74) is 1.85. The van der Waals surface area contributed by atoms with Crippen molar-refractivity contribution < 1.29 is 19.9 Å². The first-order valence-electron chi connectivity index (χ1n) is 7.93. The van der Waals surface area contributed by atoms with E-state index < -0.39 is 0 Å². The molecule has 0 unspecified atom stereocenters. The van der Waals surface area contributed by atoms with Gasteiger partial charge in [-0.25, -0.2) is 0 Å². The minimum Gasteiger partial charge on any atom is -0.493 e. The summed E-state index contributed by atoms with van der Waals surface area (Å²) in [6, 6.07) is 13.7. The first-order valence-corrected chi connectivity index (χ1v) is 8.31. The van der Waals surface area contributed by atoms with Gasteiger partial charge in [0.2, 0.25) is 0 Å². The van der Waals surface area contributed by atoms with E-state index >= 15 is 0 Å². The third kappa shape index (κ3) is 5.13. The summed E-state index contributed by atoms with van der Waals surface area (Å²) in [6.45, 7) is 5.21. The van der Waals surface area contributed by atoms with Gasteiger partial charge in [-0.2, -0.15) is 0 Å². The maximum absolute atomic E-state index is 9.35. The largest absolute Gasteiger partial charge is 0.493 e. The van der Waals surface area contributed by atoms with E-state index in [4.69, 9.17) is 21.1 Å². The number of nitrogens with two attached hydrogens (primary N) is 1. The van der Waals surface area contributed by atoms with E-state index in [1.807, 2.05) is 56.3 Å². The Kier molecular flexibility index (Phi) is 6.49. The third-order valence-electron chi connectivity index (χ3n) is 3.81. The van der Waals surface area contributed by atoms with Gasteiger partial charge >= 0.3 is 0 Å². The summed E-state index contributed by atoms with van der Waals surface area (Å²) in [4.78, 5) is 0. The summed E-state index contributed by atoms with van der Waals surface area (Å²) >= 11 is 6.40. The highest BCUT2D eigenvalue weighted by atomic mass is 35.5. The SMILES string of the molecule is COc1cc(C[NH2+]C(C)(C)CO)cc(Cl)c1OCc1ccccc1. The summed E-state index contributed by atoms with van der Waals surface area (Å²) < 4.78 is 11.3. The minimum atomic E-state index is -0.234. The quantitative estimate of drug-likeness (QED) is 0.769. The molecule has 4 nitrogen and oxygen atoms in total. The maximum Gasteiger partial charge on any atom is 0.180 e. The fourth-order valence-electron chi connectivity index (χ4n) is 2.22. The summed E-state index contributed by atoms with van der Waals surface area (Å²) in [5.74, 6) is 1.16. The van der Waals surface area contributed by atoms with Crippen molar-refractivity contribution in [3.63, 3.8) is 0 Å². The molecule has 0 saturated carbocycles. The topological polar surface area (TPSA) is 55.3 Å². The number of aliphatic hydroxyl groups is 1. The van der Waals surface area contributed by atoms with Crippen molar-refractivity contribution in [3.05, 3.63) is 58.6 Å². The number of aliphatic hydroxyl groups excluding tert-OH is 1. The molecule has 0 amide bonds. The molecule has 0 fully saturated rings. The van der Waals surface area contributed by atoms with Crippen molar-refractivity contribution >= 4 is 11.6 Å². The molecule has 0 aromatic heterocycles. The van der Waals surface area contributed by atoms with Crippen LogP contribution in [0.4, 0.5) is 0 Å². The molecule has 130 valence electrons. The Balaban J connectivity index is 2.12. The Labute approximate surface area is 148 Å². The highest BCUT2D eigenvalue weighted by Gasteiger charge is 2.20. The van der Waals surface area contributed by atoms with Crippen LogP contribution in [0.25, 0.3) is 0 Å². The second-order valence-corrected chi connectivity index (χ2v) is 6.85. The van der Waals surface area contributed by atoms with Gasteiger partial charge in [0.15, 0.2) is 11.5 Å². The maximum atomic E-state index is 9.35. The molecule has 0 aliphatic carbocycles. The molecule has 2 aromatic carbocycles. The highest BCUT2D eigenvalue weighted by Crippen LogP contribution is 2.36. The first kappa shape index (κ1) is 18.6. The first-order chi connectivity index (χ1) is 11.4. The normalized spacial score (nSPS) is 11.4. The number of ether oxygens (including phenoxy) is 2. The van der Waals surface area contributed by atoms with Crippen LogP contribution in [0.2, 0.25) is 5.02 Å². The van der Waals surface area contributed by atoms with Gasteiger partial charge in [0, 0.05) is 5.56 Å². The molecule has 3 N–H and O–H groups in total. The Hall–Kier alpha value is -1.75. The van der Waals surface area contributed by atoms with E-state index in [2.05, 4.69) is 5.32 Å². The van der Waals surface area contributed by atoms with E-state index in [0.717, 1.165) is 11.1 Å². The van der Waals surface area contributed by atoms with E-state index in [0.29, 0.717) is 29.7 Å². The molecule has 2 aromatic rings. The molecule has 0 atom stereocenters. The number of rotatable bonds is 8. The van der Waals surface area contributed by atoms with Gasteiger partial charge in [-0.05, 0) is 31.5 Å². The number of methoxy groups -OCH3 is 1. The van der Waals surface area contributed by atoms with Crippen LogP contribution in [-0.4, -0.2) is 24.4 Å².